The molecule has 21 heavy (non-hydrogen) atoms. The molecule has 3 aromatic rings. The van der Waals surface area contributed by atoms with Gasteiger partial charge in [-0.05, 0) is 18.1 Å². The van der Waals surface area contributed by atoms with Crippen molar-refractivity contribution < 1.29 is 0 Å². The molecule has 0 bridgehead atoms. The monoisotopic (exact) mass is 281 g/mol. The van der Waals surface area contributed by atoms with Gasteiger partial charge in [0, 0.05) is 43.8 Å². The molecule has 2 heterocycles. The van der Waals surface area contributed by atoms with Gasteiger partial charge in [-0.2, -0.15) is 0 Å². The third kappa shape index (κ3) is 2.97. The van der Waals surface area contributed by atoms with Crippen LogP contribution in [-0.4, -0.2) is 35.6 Å². The van der Waals surface area contributed by atoms with Crippen LogP contribution in [-0.2, 0) is 6.42 Å². The number of H-pyrrole nitrogens is 1. The summed E-state index contributed by atoms with van der Waals surface area (Å²) in [6.07, 6.45) is 4.62. The van der Waals surface area contributed by atoms with Gasteiger partial charge in [0.1, 0.15) is 18.0 Å². The molecule has 0 unspecified atom stereocenters. The van der Waals surface area contributed by atoms with Gasteiger partial charge in [0.2, 0.25) is 0 Å². The van der Waals surface area contributed by atoms with Gasteiger partial charge in [0.15, 0.2) is 0 Å². The zero-order valence-corrected chi connectivity index (χ0v) is 12.3. The molecule has 0 aliphatic heterocycles. The first kappa shape index (κ1) is 13.4. The summed E-state index contributed by atoms with van der Waals surface area (Å²) in [5.41, 5.74) is 2.50. The van der Waals surface area contributed by atoms with Gasteiger partial charge in [0.05, 0.1) is 0 Å². The second-order valence-electron chi connectivity index (χ2n) is 5.19. The highest BCUT2D eigenvalue weighted by atomic mass is 15.2. The van der Waals surface area contributed by atoms with Crippen molar-refractivity contribution in [2.75, 3.05) is 30.9 Å². The maximum atomic E-state index is 4.25. The fraction of sp³-hybridized carbons (Fsp3) is 0.250. The van der Waals surface area contributed by atoms with Crippen molar-refractivity contribution in [3.63, 3.8) is 0 Å². The van der Waals surface area contributed by atoms with Crippen LogP contribution in [0.2, 0.25) is 0 Å². The molecule has 0 amide bonds. The average Bonchev–Trinajstić information content (AvgIpc) is 2.91. The van der Waals surface area contributed by atoms with Gasteiger partial charge in [-0.15, -0.1) is 0 Å². The van der Waals surface area contributed by atoms with Crippen molar-refractivity contribution in [3.8, 4) is 0 Å². The van der Waals surface area contributed by atoms with Crippen molar-refractivity contribution >= 4 is 22.5 Å². The number of hydrogen-bond donors (Lipinski definition) is 2. The zero-order chi connectivity index (χ0) is 14.7. The van der Waals surface area contributed by atoms with Crippen molar-refractivity contribution in [2.24, 2.45) is 0 Å². The number of para-hydroxylation sites is 1. The van der Waals surface area contributed by atoms with E-state index in [1.54, 1.807) is 6.33 Å². The molecule has 5 heteroatoms. The highest BCUT2D eigenvalue weighted by Gasteiger charge is 2.03. The van der Waals surface area contributed by atoms with Crippen LogP contribution in [0.3, 0.4) is 0 Å². The second-order valence-corrected chi connectivity index (χ2v) is 5.19. The quantitative estimate of drug-likeness (QED) is 0.755. The number of aromatic amines is 1. The third-order valence-electron chi connectivity index (χ3n) is 3.49. The van der Waals surface area contributed by atoms with E-state index < -0.39 is 0 Å². The normalized spacial score (nSPS) is 10.8. The molecular formula is C16H19N5. The van der Waals surface area contributed by atoms with Crippen LogP contribution in [0.5, 0.6) is 0 Å². The number of hydrogen-bond acceptors (Lipinski definition) is 4. The summed E-state index contributed by atoms with van der Waals surface area (Å²) in [6.45, 7) is 0.839. The lowest BCUT2D eigenvalue weighted by Crippen LogP contribution is -2.12. The van der Waals surface area contributed by atoms with Gasteiger partial charge >= 0.3 is 0 Å². The van der Waals surface area contributed by atoms with E-state index in [-0.39, 0.29) is 0 Å². The minimum atomic E-state index is 0.839. The molecule has 0 radical (unpaired) electrons. The molecule has 0 fully saturated rings. The zero-order valence-electron chi connectivity index (χ0n) is 12.3. The van der Waals surface area contributed by atoms with Crippen LogP contribution in [0.1, 0.15) is 5.56 Å². The van der Waals surface area contributed by atoms with Gasteiger partial charge in [-0.3, -0.25) is 0 Å². The third-order valence-corrected chi connectivity index (χ3v) is 3.49. The summed E-state index contributed by atoms with van der Waals surface area (Å²) >= 11 is 0. The molecule has 3 rings (SSSR count). The first-order chi connectivity index (χ1) is 10.2. The SMILES string of the molecule is CN(C)c1cc(NCCc2c[nH]c3ccccc23)ncn1. The van der Waals surface area contributed by atoms with Crippen molar-refractivity contribution in [3.05, 3.63) is 48.4 Å². The smallest absolute Gasteiger partial charge is 0.133 e. The largest absolute Gasteiger partial charge is 0.370 e. The number of fused-ring (bicyclic) bond motifs is 1. The number of anilines is 2. The van der Waals surface area contributed by atoms with Gasteiger partial charge in [-0.1, -0.05) is 18.2 Å². The lowest BCUT2D eigenvalue weighted by atomic mass is 10.1. The maximum absolute atomic E-state index is 4.25. The van der Waals surface area contributed by atoms with Crippen LogP contribution in [0.4, 0.5) is 11.6 Å². The molecule has 0 spiro atoms. The predicted octanol–water partition coefficient (Wildman–Crippen LogP) is 2.68. The Hall–Kier alpha value is -2.56. The molecule has 0 atom stereocenters. The summed E-state index contributed by atoms with van der Waals surface area (Å²) < 4.78 is 0. The predicted molar refractivity (Wildman–Crippen MR) is 86.9 cm³/mol. The molecule has 0 saturated carbocycles. The summed E-state index contributed by atoms with van der Waals surface area (Å²) in [6, 6.07) is 10.3. The van der Waals surface area contributed by atoms with Crippen molar-refractivity contribution in [1.29, 1.82) is 0 Å². The Balaban J connectivity index is 1.65. The number of rotatable bonds is 5. The van der Waals surface area contributed by atoms with Crippen LogP contribution in [0.15, 0.2) is 42.9 Å². The minimum Gasteiger partial charge on any atom is -0.370 e. The summed E-state index contributed by atoms with van der Waals surface area (Å²) in [5, 5.41) is 4.64. The topological polar surface area (TPSA) is 56.8 Å². The van der Waals surface area contributed by atoms with E-state index in [0.29, 0.717) is 0 Å². The van der Waals surface area contributed by atoms with E-state index >= 15 is 0 Å². The Morgan fingerprint density at radius 2 is 2.05 bits per heavy atom. The number of aromatic nitrogens is 3. The van der Waals surface area contributed by atoms with Crippen molar-refractivity contribution in [1.82, 2.24) is 15.0 Å². The van der Waals surface area contributed by atoms with Crippen LogP contribution < -0.4 is 10.2 Å². The summed E-state index contributed by atoms with van der Waals surface area (Å²) in [5.74, 6) is 1.76. The standard InChI is InChI=1S/C16H19N5/c1-21(2)16-9-15(19-11-20-16)17-8-7-12-10-18-14-6-4-3-5-13(12)14/h3-6,9-11,18H,7-8H2,1-2H3,(H,17,19,20). The van der Waals surface area contributed by atoms with E-state index in [9.17, 15) is 0 Å². The fourth-order valence-corrected chi connectivity index (χ4v) is 2.35. The Kier molecular flexibility index (Phi) is 3.73. The van der Waals surface area contributed by atoms with Gasteiger partial charge in [0.25, 0.3) is 0 Å². The summed E-state index contributed by atoms with van der Waals surface area (Å²) in [4.78, 5) is 13.7. The molecule has 0 aliphatic rings. The lowest BCUT2D eigenvalue weighted by Gasteiger charge is -2.12. The van der Waals surface area contributed by atoms with Crippen LogP contribution in [0.25, 0.3) is 10.9 Å². The number of nitrogens with zero attached hydrogens (tertiary/aromatic N) is 3. The van der Waals surface area contributed by atoms with E-state index in [1.807, 2.05) is 31.1 Å². The fourth-order valence-electron chi connectivity index (χ4n) is 2.35. The summed E-state index contributed by atoms with van der Waals surface area (Å²) in [7, 11) is 3.94. The van der Waals surface area contributed by atoms with Crippen LogP contribution in [0, 0.1) is 0 Å². The first-order valence-corrected chi connectivity index (χ1v) is 7.02. The van der Waals surface area contributed by atoms with Crippen LogP contribution >= 0.6 is 0 Å². The highest BCUT2D eigenvalue weighted by Crippen LogP contribution is 2.18. The molecule has 2 N–H and O–H groups in total. The number of nitrogens with one attached hydrogen (secondary N) is 2. The lowest BCUT2D eigenvalue weighted by molar-refractivity contribution is 0.992. The van der Waals surface area contributed by atoms with E-state index in [1.165, 1.54) is 16.5 Å². The van der Waals surface area contributed by atoms with E-state index in [4.69, 9.17) is 0 Å². The minimum absolute atomic E-state index is 0.839. The Morgan fingerprint density at radius 1 is 1.19 bits per heavy atom. The van der Waals surface area contributed by atoms with Crippen molar-refractivity contribution in [2.45, 2.75) is 6.42 Å². The van der Waals surface area contributed by atoms with Gasteiger partial charge < -0.3 is 15.2 Å². The molecular weight excluding hydrogens is 262 g/mol. The molecule has 2 aromatic heterocycles. The molecule has 5 nitrogen and oxygen atoms in total. The highest BCUT2D eigenvalue weighted by molar-refractivity contribution is 5.83. The van der Waals surface area contributed by atoms with E-state index in [0.717, 1.165) is 24.6 Å². The molecule has 0 aliphatic carbocycles. The first-order valence-electron chi connectivity index (χ1n) is 7.02. The number of benzene rings is 1. The molecule has 0 saturated heterocycles. The average molecular weight is 281 g/mol. The second kappa shape index (κ2) is 5.83. The van der Waals surface area contributed by atoms with Gasteiger partial charge in [-0.25, -0.2) is 9.97 Å². The Labute approximate surface area is 124 Å². The Morgan fingerprint density at radius 3 is 2.90 bits per heavy atom. The molecule has 108 valence electrons. The van der Waals surface area contributed by atoms with E-state index in [2.05, 4.69) is 44.7 Å². The molecule has 1 aromatic carbocycles. The maximum Gasteiger partial charge on any atom is 0.133 e. The Bertz CT molecular complexity index is 732.